The lowest BCUT2D eigenvalue weighted by molar-refractivity contribution is -0.121. The number of aromatic amines is 1. The predicted molar refractivity (Wildman–Crippen MR) is 103 cm³/mol. The Kier molecular flexibility index (Phi) is 5.08. The Labute approximate surface area is 156 Å². The first kappa shape index (κ1) is 16.9. The van der Waals surface area contributed by atoms with Crippen LogP contribution < -0.4 is 5.32 Å². The third-order valence-electron chi connectivity index (χ3n) is 4.68. The zero-order valence-corrected chi connectivity index (χ0v) is 15.2. The summed E-state index contributed by atoms with van der Waals surface area (Å²) >= 11 is 1.67. The number of benzene rings is 1. The van der Waals surface area contributed by atoms with Gasteiger partial charge in [0.05, 0.1) is 18.2 Å². The van der Waals surface area contributed by atoms with Gasteiger partial charge in [-0.05, 0) is 43.1 Å². The van der Waals surface area contributed by atoms with Crippen LogP contribution in [0.4, 0.5) is 5.69 Å². The molecule has 7 heteroatoms. The van der Waals surface area contributed by atoms with E-state index in [2.05, 4.69) is 25.4 Å². The van der Waals surface area contributed by atoms with E-state index in [9.17, 15) is 4.79 Å². The molecule has 0 bridgehead atoms. The fraction of sp³-hybridized carbons (Fsp3) is 0.316. The highest BCUT2D eigenvalue weighted by Gasteiger charge is 2.26. The van der Waals surface area contributed by atoms with E-state index in [1.807, 2.05) is 41.9 Å². The first-order chi connectivity index (χ1) is 12.8. The number of aromatic nitrogens is 3. The Morgan fingerprint density at radius 1 is 1.27 bits per heavy atom. The lowest BCUT2D eigenvalue weighted by Crippen LogP contribution is -2.40. The first-order valence-corrected chi connectivity index (χ1v) is 9.67. The highest BCUT2D eigenvalue weighted by Crippen LogP contribution is 2.23. The van der Waals surface area contributed by atoms with E-state index in [1.54, 1.807) is 17.5 Å². The van der Waals surface area contributed by atoms with Crippen LogP contribution in [0.5, 0.6) is 0 Å². The molecule has 2 N–H and O–H groups in total. The molecule has 1 aliphatic heterocycles. The third-order valence-corrected chi connectivity index (χ3v) is 5.45. The summed E-state index contributed by atoms with van der Waals surface area (Å²) in [5, 5.41) is 13.1. The summed E-state index contributed by atoms with van der Waals surface area (Å²) in [6.45, 7) is 2.65. The van der Waals surface area contributed by atoms with Crippen molar-refractivity contribution in [1.29, 1.82) is 0 Å². The van der Waals surface area contributed by atoms with Crippen molar-refractivity contribution in [2.75, 3.05) is 18.4 Å². The van der Waals surface area contributed by atoms with Crippen LogP contribution in [0.3, 0.4) is 0 Å². The van der Waals surface area contributed by atoms with Gasteiger partial charge in [-0.15, -0.1) is 11.3 Å². The quantitative estimate of drug-likeness (QED) is 0.725. The van der Waals surface area contributed by atoms with Crippen LogP contribution in [0.2, 0.25) is 0 Å². The number of carbonyl (C=O) groups excluding carboxylic acids is 1. The minimum Gasteiger partial charge on any atom is -0.326 e. The van der Waals surface area contributed by atoms with Gasteiger partial charge in [0.25, 0.3) is 0 Å². The fourth-order valence-corrected chi connectivity index (χ4v) is 3.99. The molecule has 134 valence electrons. The number of amides is 1. The van der Waals surface area contributed by atoms with Crippen molar-refractivity contribution in [3.05, 3.63) is 53.1 Å². The Hall–Kier alpha value is -2.51. The second-order valence-electron chi connectivity index (χ2n) is 6.54. The number of carbonyl (C=O) groups is 1. The molecule has 3 aromatic rings. The van der Waals surface area contributed by atoms with Gasteiger partial charge in [0.15, 0.2) is 0 Å². The van der Waals surface area contributed by atoms with Gasteiger partial charge in [-0.25, -0.2) is 4.98 Å². The summed E-state index contributed by atoms with van der Waals surface area (Å²) in [5.74, 6) is 0.124. The molecule has 2 aromatic heterocycles. The van der Waals surface area contributed by atoms with Crippen molar-refractivity contribution in [2.24, 2.45) is 5.92 Å². The van der Waals surface area contributed by atoms with Gasteiger partial charge in [-0.1, -0.05) is 12.1 Å². The third kappa shape index (κ3) is 4.00. The van der Waals surface area contributed by atoms with Crippen molar-refractivity contribution in [3.8, 4) is 11.3 Å². The second kappa shape index (κ2) is 7.80. The van der Waals surface area contributed by atoms with E-state index in [-0.39, 0.29) is 11.8 Å². The number of nitrogens with one attached hydrogen (secondary N) is 2. The topological polar surface area (TPSA) is 73.9 Å². The number of likely N-dealkylation sites (tertiary alicyclic amines) is 1. The lowest BCUT2D eigenvalue weighted by atomic mass is 9.97. The van der Waals surface area contributed by atoms with Crippen molar-refractivity contribution in [2.45, 2.75) is 19.4 Å². The van der Waals surface area contributed by atoms with E-state index < -0.39 is 0 Å². The summed E-state index contributed by atoms with van der Waals surface area (Å²) in [6, 6.07) is 9.76. The smallest absolute Gasteiger partial charge is 0.228 e. The number of hydrogen-bond donors (Lipinski definition) is 2. The van der Waals surface area contributed by atoms with Crippen molar-refractivity contribution in [1.82, 2.24) is 20.1 Å². The minimum atomic E-state index is 0.0241. The maximum atomic E-state index is 12.7. The van der Waals surface area contributed by atoms with E-state index in [0.29, 0.717) is 0 Å². The number of nitrogens with zero attached hydrogens (tertiary/aromatic N) is 3. The largest absolute Gasteiger partial charge is 0.326 e. The Balaban J connectivity index is 1.35. The summed E-state index contributed by atoms with van der Waals surface area (Å²) in [6.07, 6.45) is 5.54. The molecule has 1 aromatic carbocycles. The van der Waals surface area contributed by atoms with E-state index in [1.165, 1.54) is 0 Å². The molecule has 0 radical (unpaired) electrons. The standard InChI is InChI=1S/C19H21N5OS/c25-19(15-2-1-10-24(12-15)13-18-20-9-11-26-18)22-16-5-3-14(4-6-16)17-7-8-21-23-17/h3-9,11,15H,1-2,10,12-13H2,(H,21,23)(H,22,25)/t15-/m0/s1. The molecule has 26 heavy (non-hydrogen) atoms. The number of rotatable bonds is 5. The molecule has 3 heterocycles. The van der Waals surface area contributed by atoms with Crippen molar-refractivity contribution < 1.29 is 4.79 Å². The highest BCUT2D eigenvalue weighted by atomic mass is 32.1. The average Bonchev–Trinajstić information content (AvgIpc) is 3.36. The monoisotopic (exact) mass is 367 g/mol. The van der Waals surface area contributed by atoms with Crippen LogP contribution in [0, 0.1) is 5.92 Å². The first-order valence-electron chi connectivity index (χ1n) is 8.79. The average molecular weight is 367 g/mol. The zero-order chi connectivity index (χ0) is 17.8. The van der Waals surface area contributed by atoms with Gasteiger partial charge < -0.3 is 5.32 Å². The molecule has 1 fully saturated rings. The lowest BCUT2D eigenvalue weighted by Gasteiger charge is -2.31. The van der Waals surface area contributed by atoms with E-state index in [0.717, 1.165) is 54.4 Å². The maximum Gasteiger partial charge on any atom is 0.228 e. The number of anilines is 1. The molecular formula is C19H21N5OS. The molecule has 0 spiro atoms. The van der Waals surface area contributed by atoms with Gasteiger partial charge >= 0.3 is 0 Å². The van der Waals surface area contributed by atoms with Crippen molar-refractivity contribution >= 4 is 22.9 Å². The molecule has 6 nitrogen and oxygen atoms in total. The zero-order valence-electron chi connectivity index (χ0n) is 14.4. The number of thiazole rings is 1. The molecule has 0 unspecified atom stereocenters. The maximum absolute atomic E-state index is 12.7. The van der Waals surface area contributed by atoms with Crippen LogP contribution in [-0.4, -0.2) is 39.1 Å². The van der Waals surface area contributed by atoms with Gasteiger partial charge in [-0.3, -0.25) is 14.8 Å². The van der Waals surface area contributed by atoms with Gasteiger partial charge in [0.2, 0.25) is 5.91 Å². The number of H-pyrrole nitrogens is 1. The molecule has 0 saturated carbocycles. The predicted octanol–water partition coefficient (Wildman–Crippen LogP) is 3.38. The summed E-state index contributed by atoms with van der Waals surface area (Å²) in [5.41, 5.74) is 2.84. The molecule has 0 aliphatic carbocycles. The SMILES string of the molecule is O=C(Nc1ccc(-c2ccn[nH]2)cc1)[C@H]1CCCN(Cc2nccs2)C1. The van der Waals surface area contributed by atoms with Crippen LogP contribution in [0.1, 0.15) is 17.8 Å². The second-order valence-corrected chi connectivity index (χ2v) is 7.52. The Morgan fingerprint density at radius 2 is 2.15 bits per heavy atom. The van der Waals surface area contributed by atoms with Crippen molar-refractivity contribution in [3.63, 3.8) is 0 Å². The summed E-state index contributed by atoms with van der Waals surface area (Å²) in [7, 11) is 0. The number of hydrogen-bond acceptors (Lipinski definition) is 5. The molecule has 4 rings (SSSR count). The molecule has 1 saturated heterocycles. The van der Waals surface area contributed by atoms with Crippen LogP contribution in [0.25, 0.3) is 11.3 Å². The number of piperidine rings is 1. The van der Waals surface area contributed by atoms with Gasteiger partial charge in [0.1, 0.15) is 5.01 Å². The fourth-order valence-electron chi connectivity index (χ4n) is 3.33. The van der Waals surface area contributed by atoms with Gasteiger partial charge in [-0.2, -0.15) is 5.10 Å². The highest BCUT2D eigenvalue weighted by molar-refractivity contribution is 7.09. The van der Waals surface area contributed by atoms with Crippen LogP contribution >= 0.6 is 11.3 Å². The minimum absolute atomic E-state index is 0.0241. The molecule has 1 atom stereocenters. The Bertz CT molecular complexity index is 829. The van der Waals surface area contributed by atoms with Gasteiger partial charge in [0, 0.05) is 30.0 Å². The molecule has 1 amide bonds. The molecule has 1 aliphatic rings. The summed E-state index contributed by atoms with van der Waals surface area (Å²) in [4.78, 5) is 19.3. The van der Waals surface area contributed by atoms with Crippen LogP contribution in [0.15, 0.2) is 48.1 Å². The van der Waals surface area contributed by atoms with E-state index in [4.69, 9.17) is 0 Å². The normalized spacial score (nSPS) is 17.9. The van der Waals surface area contributed by atoms with E-state index >= 15 is 0 Å². The van der Waals surface area contributed by atoms with Crippen LogP contribution in [-0.2, 0) is 11.3 Å². The molecular weight excluding hydrogens is 346 g/mol. The summed E-state index contributed by atoms with van der Waals surface area (Å²) < 4.78 is 0. The Morgan fingerprint density at radius 3 is 2.88 bits per heavy atom.